The average molecular weight is 310 g/mol. The molecule has 2 fully saturated rings. The summed E-state index contributed by atoms with van der Waals surface area (Å²) in [7, 11) is 0. The molecule has 0 heterocycles. The van der Waals surface area contributed by atoms with E-state index in [2.05, 4.69) is 0 Å². The Morgan fingerprint density at radius 1 is 0.750 bits per heavy atom. The fourth-order valence-electron chi connectivity index (χ4n) is 3.60. The third kappa shape index (κ3) is 1.93. The van der Waals surface area contributed by atoms with Crippen LogP contribution in [0, 0.1) is 23.2 Å². The summed E-state index contributed by atoms with van der Waals surface area (Å²) in [4.78, 5) is 0. The van der Waals surface area contributed by atoms with Gasteiger partial charge in [0.25, 0.3) is 5.92 Å². The topological polar surface area (TPSA) is 0 Å². The van der Waals surface area contributed by atoms with Crippen LogP contribution in [-0.4, -0.2) is 18.3 Å². The molecule has 0 aromatic heterocycles. The van der Waals surface area contributed by atoms with Crippen LogP contribution < -0.4 is 0 Å². The van der Waals surface area contributed by atoms with Gasteiger partial charge >= 0.3 is 12.4 Å². The summed E-state index contributed by atoms with van der Waals surface area (Å²) in [5.41, 5.74) is -5.00. The second-order valence-corrected chi connectivity index (χ2v) is 6.02. The van der Waals surface area contributed by atoms with Gasteiger partial charge in [0, 0.05) is 5.92 Å². The van der Waals surface area contributed by atoms with E-state index in [4.69, 9.17) is 0 Å². The van der Waals surface area contributed by atoms with Crippen LogP contribution in [0.15, 0.2) is 0 Å². The van der Waals surface area contributed by atoms with Gasteiger partial charge in [-0.25, -0.2) is 8.78 Å². The molecule has 0 aromatic rings. The average Bonchev–Trinajstić information content (AvgIpc) is 2.86. The van der Waals surface area contributed by atoms with E-state index in [1.54, 1.807) is 0 Å². The van der Waals surface area contributed by atoms with Crippen LogP contribution >= 0.6 is 0 Å². The summed E-state index contributed by atoms with van der Waals surface area (Å²) in [6.07, 6.45) is -11.1. The lowest BCUT2D eigenvalue weighted by Gasteiger charge is -2.44. The first-order chi connectivity index (χ1) is 8.82. The molecule has 0 aromatic carbocycles. The van der Waals surface area contributed by atoms with E-state index in [0.29, 0.717) is 12.8 Å². The molecule has 20 heavy (non-hydrogen) atoms. The fourth-order valence-corrected chi connectivity index (χ4v) is 3.60. The molecule has 2 bridgehead atoms. The first-order valence-corrected chi connectivity index (χ1v) is 6.33. The molecule has 3 atom stereocenters. The lowest BCUT2D eigenvalue weighted by molar-refractivity contribution is -0.403. The normalized spacial score (nSPS) is 31.9. The Morgan fingerprint density at radius 3 is 1.55 bits per heavy atom. The predicted octanol–water partition coefficient (Wildman–Crippen LogP) is 5.19. The van der Waals surface area contributed by atoms with E-state index >= 15 is 0 Å². The monoisotopic (exact) mass is 310 g/mol. The van der Waals surface area contributed by atoms with Gasteiger partial charge in [-0.05, 0) is 38.0 Å². The molecule has 3 unspecified atom stereocenters. The fraction of sp³-hybridized carbons (Fsp3) is 1.00. The number of fused-ring (bicyclic) bond motifs is 2. The van der Waals surface area contributed by atoms with Crippen LogP contribution in [0.4, 0.5) is 35.1 Å². The highest BCUT2D eigenvalue weighted by Crippen LogP contribution is 2.65. The van der Waals surface area contributed by atoms with Crippen molar-refractivity contribution in [2.45, 2.75) is 50.9 Å². The Hall–Kier alpha value is -0.560. The Labute approximate surface area is 110 Å². The molecule has 2 aliphatic carbocycles. The molecule has 8 heteroatoms. The zero-order valence-electron chi connectivity index (χ0n) is 10.6. The van der Waals surface area contributed by atoms with Gasteiger partial charge in [0.2, 0.25) is 5.41 Å². The van der Waals surface area contributed by atoms with Gasteiger partial charge in [0.1, 0.15) is 0 Å². The van der Waals surface area contributed by atoms with E-state index in [1.165, 1.54) is 0 Å². The Balaban J connectivity index is 2.43. The van der Waals surface area contributed by atoms with Crippen molar-refractivity contribution < 1.29 is 35.1 Å². The van der Waals surface area contributed by atoms with Crippen LogP contribution in [0.1, 0.15) is 32.6 Å². The highest BCUT2D eigenvalue weighted by molar-refractivity contribution is 5.07. The Kier molecular flexibility index (Phi) is 3.34. The van der Waals surface area contributed by atoms with Gasteiger partial charge in [0.05, 0.1) is 0 Å². The number of hydrogen-bond acceptors (Lipinski definition) is 0. The quantitative estimate of drug-likeness (QED) is 0.616. The van der Waals surface area contributed by atoms with Gasteiger partial charge in [-0.1, -0.05) is 6.42 Å². The molecule has 0 aliphatic heterocycles. The summed E-state index contributed by atoms with van der Waals surface area (Å²) in [5.74, 6) is -7.58. The Morgan fingerprint density at radius 2 is 1.25 bits per heavy atom. The summed E-state index contributed by atoms with van der Waals surface area (Å²) < 4.78 is 105. The van der Waals surface area contributed by atoms with Crippen molar-refractivity contribution in [3.05, 3.63) is 0 Å². The number of rotatable bonds is 2. The first kappa shape index (κ1) is 15.8. The van der Waals surface area contributed by atoms with Gasteiger partial charge in [-0.2, -0.15) is 26.3 Å². The van der Waals surface area contributed by atoms with Crippen LogP contribution in [0.25, 0.3) is 0 Å². The lowest BCUT2D eigenvalue weighted by Crippen LogP contribution is -2.62. The maximum Gasteiger partial charge on any atom is 0.408 e. The van der Waals surface area contributed by atoms with Crippen molar-refractivity contribution in [3.8, 4) is 0 Å². The van der Waals surface area contributed by atoms with E-state index in [-0.39, 0.29) is 18.8 Å². The van der Waals surface area contributed by atoms with E-state index in [9.17, 15) is 35.1 Å². The van der Waals surface area contributed by atoms with Crippen LogP contribution in [0.2, 0.25) is 0 Å². The van der Waals surface area contributed by atoms with Crippen molar-refractivity contribution >= 4 is 0 Å². The van der Waals surface area contributed by atoms with Gasteiger partial charge in [0.15, 0.2) is 0 Å². The van der Waals surface area contributed by atoms with Crippen molar-refractivity contribution in [3.63, 3.8) is 0 Å². The summed E-state index contributed by atoms with van der Waals surface area (Å²) in [5, 5.41) is 0. The molecule has 0 saturated heterocycles. The van der Waals surface area contributed by atoms with Crippen molar-refractivity contribution in [1.29, 1.82) is 0 Å². The maximum atomic E-state index is 14.2. The van der Waals surface area contributed by atoms with Crippen molar-refractivity contribution in [2.75, 3.05) is 0 Å². The largest absolute Gasteiger partial charge is 0.408 e. The molecule has 0 radical (unpaired) electrons. The smallest absolute Gasteiger partial charge is 0.205 e. The molecule has 2 saturated carbocycles. The maximum absolute atomic E-state index is 14.2. The standard InChI is InChI=1S/C12H14F8/c1-9(11(15,16)17,12(18,19)20)10(13,14)8-5-6-2-3-7(8)4-6/h6-8H,2-5H2,1H3. The lowest BCUT2D eigenvalue weighted by atomic mass is 9.70. The second-order valence-electron chi connectivity index (χ2n) is 6.02. The molecule has 2 rings (SSSR count). The highest BCUT2D eigenvalue weighted by Gasteiger charge is 2.81. The van der Waals surface area contributed by atoms with E-state index in [0.717, 1.165) is 0 Å². The molecule has 118 valence electrons. The zero-order chi connectivity index (χ0) is 15.6. The number of halogens is 8. The third-order valence-corrected chi connectivity index (χ3v) is 5.00. The SMILES string of the molecule is CC(C(F)(F)F)(C(F)(F)F)C(F)(F)C1CC2CCC1C2. The van der Waals surface area contributed by atoms with Gasteiger partial charge in [-0.3, -0.25) is 0 Å². The number of alkyl halides is 8. The molecular weight excluding hydrogens is 296 g/mol. The summed E-state index contributed by atoms with van der Waals surface area (Å²) in [6, 6.07) is 0. The molecular formula is C12H14F8. The number of hydrogen-bond donors (Lipinski definition) is 0. The molecule has 2 aliphatic rings. The summed E-state index contributed by atoms with van der Waals surface area (Å²) >= 11 is 0. The molecule has 0 nitrogen and oxygen atoms in total. The minimum Gasteiger partial charge on any atom is -0.205 e. The highest BCUT2D eigenvalue weighted by atomic mass is 19.4. The van der Waals surface area contributed by atoms with Crippen molar-refractivity contribution in [1.82, 2.24) is 0 Å². The van der Waals surface area contributed by atoms with Gasteiger partial charge in [-0.15, -0.1) is 0 Å². The first-order valence-electron chi connectivity index (χ1n) is 6.33. The minimum absolute atomic E-state index is 0.165. The van der Waals surface area contributed by atoms with Gasteiger partial charge < -0.3 is 0 Å². The second kappa shape index (κ2) is 4.22. The molecule has 0 spiro atoms. The Bertz CT molecular complexity index is 366. The third-order valence-electron chi connectivity index (χ3n) is 5.00. The minimum atomic E-state index is -6.05. The van der Waals surface area contributed by atoms with E-state index in [1.807, 2.05) is 0 Å². The molecule has 0 N–H and O–H groups in total. The summed E-state index contributed by atoms with van der Waals surface area (Å²) in [6.45, 7) is -0.418. The van der Waals surface area contributed by atoms with Crippen LogP contribution in [0.3, 0.4) is 0 Å². The van der Waals surface area contributed by atoms with Crippen LogP contribution in [0.5, 0.6) is 0 Å². The predicted molar refractivity (Wildman–Crippen MR) is 54.1 cm³/mol. The van der Waals surface area contributed by atoms with Crippen LogP contribution in [-0.2, 0) is 0 Å². The molecule has 0 amide bonds. The zero-order valence-corrected chi connectivity index (χ0v) is 10.6. The van der Waals surface area contributed by atoms with E-state index < -0.39 is 42.4 Å². The van der Waals surface area contributed by atoms with Crippen molar-refractivity contribution in [2.24, 2.45) is 23.2 Å².